The average Bonchev–Trinajstić information content (AvgIpc) is 3.46. The van der Waals surface area contributed by atoms with Gasteiger partial charge in [0, 0.05) is 12.1 Å². The highest BCUT2D eigenvalue weighted by Crippen LogP contribution is 2.35. The lowest BCUT2D eigenvalue weighted by molar-refractivity contribution is -0.110. The van der Waals surface area contributed by atoms with Gasteiger partial charge >= 0.3 is 0 Å². The summed E-state index contributed by atoms with van der Waals surface area (Å²) in [6.45, 7) is 1.15. The van der Waals surface area contributed by atoms with E-state index >= 15 is 0 Å². The number of carbonyl (C=O) groups excluding carboxylic acids is 1. The molecule has 0 saturated carbocycles. The molecule has 3 aromatic carbocycles. The molecule has 1 aliphatic carbocycles. The van der Waals surface area contributed by atoms with E-state index in [-0.39, 0.29) is 5.78 Å². The predicted octanol–water partition coefficient (Wildman–Crippen LogP) is 4.32. The van der Waals surface area contributed by atoms with Crippen LogP contribution in [-0.4, -0.2) is 39.4 Å². The lowest BCUT2D eigenvalue weighted by Gasteiger charge is -2.33. The highest BCUT2D eigenvalue weighted by Gasteiger charge is 2.42. The Morgan fingerprint density at radius 3 is 2.44 bits per heavy atom. The molecule has 32 heavy (non-hydrogen) atoms. The Morgan fingerprint density at radius 1 is 0.875 bits per heavy atom. The van der Waals surface area contributed by atoms with E-state index in [9.17, 15) is 4.79 Å². The van der Waals surface area contributed by atoms with E-state index in [1.165, 1.54) is 5.39 Å². The van der Waals surface area contributed by atoms with Gasteiger partial charge in [0.25, 0.3) is 0 Å². The quantitative estimate of drug-likeness (QED) is 0.494. The Kier molecular flexibility index (Phi) is 4.26. The van der Waals surface area contributed by atoms with Crippen LogP contribution in [0, 0.1) is 0 Å². The first-order valence-corrected chi connectivity index (χ1v) is 10.6. The smallest absolute Gasteiger partial charge is 0.232 e. The van der Waals surface area contributed by atoms with Crippen LogP contribution in [0.15, 0.2) is 97.1 Å². The van der Waals surface area contributed by atoms with Crippen LogP contribution in [0.4, 0.5) is 5.95 Å². The van der Waals surface area contributed by atoms with Crippen LogP contribution in [0.3, 0.4) is 0 Å². The fraction of sp³-hybridized carbons (Fsp3) is 0.115. The summed E-state index contributed by atoms with van der Waals surface area (Å²) in [5, 5.41) is 7.20. The van der Waals surface area contributed by atoms with Crippen molar-refractivity contribution in [1.29, 1.82) is 0 Å². The molecule has 0 atom stereocenters. The van der Waals surface area contributed by atoms with E-state index in [4.69, 9.17) is 14.8 Å². The first kappa shape index (κ1) is 18.7. The zero-order valence-electron chi connectivity index (χ0n) is 17.3. The number of para-hydroxylation sites is 1. The minimum atomic E-state index is -0.839. The van der Waals surface area contributed by atoms with Gasteiger partial charge in [-0.2, -0.15) is 9.67 Å². The van der Waals surface area contributed by atoms with Gasteiger partial charge in [-0.3, -0.25) is 4.79 Å². The summed E-state index contributed by atoms with van der Waals surface area (Å²) in [5.41, 5.74) is 1.01. The normalized spacial score (nSPS) is 17.0. The summed E-state index contributed by atoms with van der Waals surface area (Å²) in [7, 11) is 0. The maximum Gasteiger partial charge on any atom is 0.232 e. The molecule has 2 heterocycles. The highest BCUT2D eigenvalue weighted by molar-refractivity contribution is 6.00. The van der Waals surface area contributed by atoms with Crippen molar-refractivity contribution in [2.75, 3.05) is 18.1 Å². The molecule has 1 fully saturated rings. The zero-order chi connectivity index (χ0) is 21.5. The summed E-state index contributed by atoms with van der Waals surface area (Å²) in [6, 6.07) is 24.4. The number of ether oxygens (including phenoxy) is 1. The molecule has 1 saturated heterocycles. The number of hydrogen-bond acceptors (Lipinski definition) is 5. The van der Waals surface area contributed by atoms with Crippen molar-refractivity contribution < 1.29 is 9.53 Å². The van der Waals surface area contributed by atoms with Crippen molar-refractivity contribution in [2.45, 2.75) is 5.72 Å². The van der Waals surface area contributed by atoms with E-state index in [0.29, 0.717) is 24.9 Å². The van der Waals surface area contributed by atoms with E-state index in [2.05, 4.69) is 29.2 Å². The third kappa shape index (κ3) is 3.04. The highest BCUT2D eigenvalue weighted by atomic mass is 16.5. The summed E-state index contributed by atoms with van der Waals surface area (Å²) in [6.07, 6.45) is 6.68. The predicted molar refractivity (Wildman–Crippen MR) is 124 cm³/mol. The Balaban J connectivity index is 1.51. The number of allylic oxidation sites excluding steroid dienone is 2. The average molecular weight is 420 g/mol. The SMILES string of the molecule is O=C1C=CC2(C=C1)OCCN2c1nc(-c2ccc3ccccc3c2)nn1-c1ccccc1. The molecule has 4 aromatic rings. The van der Waals surface area contributed by atoms with Crippen molar-refractivity contribution >= 4 is 22.5 Å². The van der Waals surface area contributed by atoms with Gasteiger partial charge in [0.1, 0.15) is 0 Å². The summed E-state index contributed by atoms with van der Waals surface area (Å²) in [4.78, 5) is 18.8. The number of rotatable bonds is 3. The van der Waals surface area contributed by atoms with Crippen LogP contribution in [0.2, 0.25) is 0 Å². The van der Waals surface area contributed by atoms with Gasteiger partial charge in [0.05, 0.1) is 12.3 Å². The molecule has 1 aromatic heterocycles. The van der Waals surface area contributed by atoms with Gasteiger partial charge in [0.2, 0.25) is 5.95 Å². The topological polar surface area (TPSA) is 60.2 Å². The van der Waals surface area contributed by atoms with Crippen LogP contribution >= 0.6 is 0 Å². The minimum Gasteiger partial charge on any atom is -0.346 e. The number of benzene rings is 3. The molecule has 6 rings (SSSR count). The van der Waals surface area contributed by atoms with E-state index in [1.807, 2.05) is 53.2 Å². The summed E-state index contributed by atoms with van der Waals surface area (Å²) >= 11 is 0. The number of carbonyl (C=O) groups is 1. The second kappa shape index (κ2) is 7.28. The Labute approximate surface area is 185 Å². The number of fused-ring (bicyclic) bond motifs is 1. The Morgan fingerprint density at radius 2 is 1.62 bits per heavy atom. The van der Waals surface area contributed by atoms with Crippen LogP contribution in [0.5, 0.6) is 0 Å². The van der Waals surface area contributed by atoms with Crippen molar-refractivity contribution in [3.8, 4) is 17.1 Å². The van der Waals surface area contributed by atoms with E-state index in [1.54, 1.807) is 24.3 Å². The number of aromatic nitrogens is 3. The second-order valence-corrected chi connectivity index (χ2v) is 7.87. The largest absolute Gasteiger partial charge is 0.346 e. The van der Waals surface area contributed by atoms with Crippen molar-refractivity contribution in [3.05, 3.63) is 97.1 Å². The van der Waals surface area contributed by atoms with Crippen molar-refractivity contribution in [2.24, 2.45) is 0 Å². The molecular formula is C26H20N4O2. The Hall–Kier alpha value is -4.03. The molecule has 1 aliphatic heterocycles. The Bertz CT molecular complexity index is 1370. The molecule has 0 amide bonds. The molecule has 6 nitrogen and oxygen atoms in total. The van der Waals surface area contributed by atoms with Gasteiger partial charge in [-0.1, -0.05) is 54.6 Å². The fourth-order valence-electron chi connectivity index (χ4n) is 4.27. The standard InChI is InChI=1S/C26H20N4O2/c31-23-12-14-26(15-13-23)29(16-17-32-26)25-27-24(28-30(25)22-8-2-1-3-9-22)21-11-10-19-6-4-5-7-20(19)18-21/h1-15,18H,16-17H2. The van der Waals surface area contributed by atoms with Crippen molar-refractivity contribution in [3.63, 3.8) is 0 Å². The minimum absolute atomic E-state index is 0.0487. The van der Waals surface area contributed by atoms with Crippen LogP contribution < -0.4 is 4.90 Å². The van der Waals surface area contributed by atoms with Gasteiger partial charge in [0.15, 0.2) is 17.3 Å². The second-order valence-electron chi connectivity index (χ2n) is 7.87. The lowest BCUT2D eigenvalue weighted by Crippen LogP contribution is -2.44. The number of ketones is 1. The van der Waals surface area contributed by atoms with Crippen LogP contribution in [0.25, 0.3) is 27.8 Å². The zero-order valence-corrected chi connectivity index (χ0v) is 17.3. The fourth-order valence-corrected chi connectivity index (χ4v) is 4.27. The van der Waals surface area contributed by atoms with Crippen molar-refractivity contribution in [1.82, 2.24) is 14.8 Å². The third-order valence-electron chi connectivity index (χ3n) is 5.88. The maximum atomic E-state index is 11.8. The molecule has 1 spiro atoms. The number of hydrogen-bond donors (Lipinski definition) is 0. The van der Waals surface area contributed by atoms with E-state index < -0.39 is 5.72 Å². The van der Waals surface area contributed by atoms with Gasteiger partial charge < -0.3 is 9.64 Å². The third-order valence-corrected chi connectivity index (χ3v) is 5.88. The van der Waals surface area contributed by atoms with Gasteiger partial charge in [-0.05, 0) is 53.3 Å². The molecule has 0 radical (unpaired) electrons. The maximum absolute atomic E-state index is 11.8. The van der Waals surface area contributed by atoms with Gasteiger partial charge in [-0.15, -0.1) is 5.10 Å². The van der Waals surface area contributed by atoms with Gasteiger partial charge in [-0.25, -0.2) is 0 Å². The molecular weight excluding hydrogens is 400 g/mol. The molecule has 156 valence electrons. The van der Waals surface area contributed by atoms with E-state index in [0.717, 1.165) is 16.6 Å². The molecule has 0 unspecified atom stereocenters. The van der Waals surface area contributed by atoms with Crippen LogP contribution in [0.1, 0.15) is 0 Å². The first-order chi connectivity index (χ1) is 15.7. The summed E-state index contributed by atoms with van der Waals surface area (Å²) in [5.74, 6) is 1.25. The number of nitrogens with zero attached hydrogens (tertiary/aromatic N) is 4. The first-order valence-electron chi connectivity index (χ1n) is 10.6. The summed E-state index contributed by atoms with van der Waals surface area (Å²) < 4.78 is 7.93. The molecule has 0 N–H and O–H groups in total. The molecule has 6 heteroatoms. The lowest BCUT2D eigenvalue weighted by atomic mass is 10.1. The van der Waals surface area contributed by atoms with Crippen LogP contribution in [-0.2, 0) is 9.53 Å². The number of anilines is 1. The monoisotopic (exact) mass is 420 g/mol. The molecule has 0 bridgehead atoms. The molecule has 2 aliphatic rings.